The van der Waals surface area contributed by atoms with Crippen LogP contribution < -0.4 is 25.8 Å². The third kappa shape index (κ3) is 5.77. The quantitative estimate of drug-likeness (QED) is 0.299. The normalized spacial score (nSPS) is 12.8. The van der Waals surface area contributed by atoms with Crippen molar-refractivity contribution in [3.8, 4) is 17.2 Å². The molecule has 1 heterocycles. The van der Waals surface area contributed by atoms with E-state index < -0.39 is 12.2 Å². The van der Waals surface area contributed by atoms with Crippen molar-refractivity contribution in [2.24, 2.45) is 0 Å². The van der Waals surface area contributed by atoms with Crippen molar-refractivity contribution in [2.75, 3.05) is 23.2 Å². The Bertz CT molecular complexity index is 1210. The summed E-state index contributed by atoms with van der Waals surface area (Å²) in [5.41, 5.74) is 7.93. The maximum atomic E-state index is 12.6. The second-order valence-corrected chi connectivity index (χ2v) is 7.39. The molecule has 1 aliphatic heterocycles. The number of aromatic hydroxyl groups is 1. The summed E-state index contributed by atoms with van der Waals surface area (Å²) in [4.78, 5) is 24.8. The van der Waals surface area contributed by atoms with Crippen molar-refractivity contribution in [3.63, 3.8) is 0 Å². The lowest BCUT2D eigenvalue weighted by molar-refractivity contribution is -0.111. The zero-order chi connectivity index (χ0) is 23.9. The van der Waals surface area contributed by atoms with Crippen LogP contribution in [0.4, 0.5) is 21.9 Å². The van der Waals surface area contributed by atoms with Gasteiger partial charge in [-0.05, 0) is 48.0 Å². The van der Waals surface area contributed by atoms with Gasteiger partial charge in [-0.1, -0.05) is 30.3 Å². The molecule has 0 radical (unpaired) electrons. The topological polar surface area (TPSA) is 132 Å². The Labute approximate surface area is 195 Å². The molecule has 0 spiro atoms. The lowest BCUT2D eigenvalue weighted by Crippen LogP contribution is -2.17. The zero-order valence-electron chi connectivity index (χ0n) is 18.1. The van der Waals surface area contributed by atoms with E-state index >= 15 is 0 Å². The number of nitrogens with two attached hydrogens (primary N) is 1. The Balaban J connectivity index is 1.41. The summed E-state index contributed by atoms with van der Waals surface area (Å²) in [5.74, 6) is 0.845. The number of benzene rings is 3. The molecule has 1 atom stereocenters. The number of hydrogen-bond donors (Lipinski definition) is 4. The largest absolute Gasteiger partial charge is 0.508 e. The van der Waals surface area contributed by atoms with Gasteiger partial charge in [-0.2, -0.15) is 0 Å². The van der Waals surface area contributed by atoms with Crippen LogP contribution in [0.1, 0.15) is 18.1 Å². The Hall–Kier alpha value is -4.66. The molecule has 0 aliphatic carbocycles. The maximum Gasteiger partial charge on any atom is 0.412 e. The third-order valence-corrected chi connectivity index (χ3v) is 4.97. The van der Waals surface area contributed by atoms with E-state index in [1.165, 1.54) is 18.2 Å². The summed E-state index contributed by atoms with van der Waals surface area (Å²) in [6, 6.07) is 18.2. The van der Waals surface area contributed by atoms with E-state index in [0.29, 0.717) is 34.1 Å². The van der Waals surface area contributed by atoms with Crippen molar-refractivity contribution in [2.45, 2.75) is 12.5 Å². The first-order chi connectivity index (χ1) is 16.5. The average Bonchev–Trinajstić information content (AvgIpc) is 3.28. The molecule has 5 N–H and O–H groups in total. The number of carbonyl (C=O) groups excluding carboxylic acids is 2. The first-order valence-electron chi connectivity index (χ1n) is 10.5. The van der Waals surface area contributed by atoms with Gasteiger partial charge in [0.15, 0.2) is 11.5 Å². The monoisotopic (exact) mass is 461 g/mol. The van der Waals surface area contributed by atoms with Crippen molar-refractivity contribution in [1.29, 1.82) is 0 Å². The van der Waals surface area contributed by atoms with Gasteiger partial charge in [0, 0.05) is 18.2 Å². The highest BCUT2D eigenvalue weighted by Gasteiger charge is 2.18. The standard InChI is InChI=1S/C25H23N3O6/c26-19-4-1-2-5-20(19)28-24(30)7-3-6-21(16-8-11-18(29)12-9-16)34-25(31)27-17-10-13-22-23(14-17)33-15-32-22/h1-5,7-14,21,29H,6,15,26H2,(H,27,31)(H,28,30)/b7-3+/t21-/m1/s1. The molecule has 174 valence electrons. The van der Waals surface area contributed by atoms with Gasteiger partial charge < -0.3 is 30.4 Å². The molecule has 0 saturated heterocycles. The molecule has 1 aliphatic rings. The minimum Gasteiger partial charge on any atom is -0.508 e. The highest BCUT2D eigenvalue weighted by atomic mass is 16.7. The molecule has 2 amide bonds. The van der Waals surface area contributed by atoms with E-state index in [1.807, 2.05) is 0 Å². The summed E-state index contributed by atoms with van der Waals surface area (Å²) in [6.45, 7) is 0.128. The summed E-state index contributed by atoms with van der Waals surface area (Å²) in [5, 5.41) is 14.9. The van der Waals surface area contributed by atoms with Crippen molar-refractivity contribution in [1.82, 2.24) is 0 Å². The van der Waals surface area contributed by atoms with Crippen molar-refractivity contribution in [3.05, 3.63) is 84.4 Å². The van der Waals surface area contributed by atoms with Gasteiger partial charge in [0.1, 0.15) is 11.9 Å². The van der Waals surface area contributed by atoms with E-state index in [-0.39, 0.29) is 24.9 Å². The van der Waals surface area contributed by atoms with Crippen molar-refractivity contribution >= 4 is 29.1 Å². The number of anilines is 3. The van der Waals surface area contributed by atoms with Gasteiger partial charge in [-0.3, -0.25) is 10.1 Å². The van der Waals surface area contributed by atoms with Gasteiger partial charge >= 0.3 is 6.09 Å². The number of phenols is 1. The van der Waals surface area contributed by atoms with Gasteiger partial charge in [0.25, 0.3) is 0 Å². The molecule has 9 nitrogen and oxygen atoms in total. The van der Waals surface area contributed by atoms with Gasteiger partial charge in [-0.25, -0.2) is 4.79 Å². The van der Waals surface area contributed by atoms with E-state index in [2.05, 4.69) is 10.6 Å². The number of ether oxygens (including phenoxy) is 3. The maximum absolute atomic E-state index is 12.6. The predicted molar refractivity (Wildman–Crippen MR) is 127 cm³/mol. The minimum atomic E-state index is -0.708. The molecule has 0 aromatic heterocycles. The second kappa shape index (κ2) is 10.3. The summed E-state index contributed by atoms with van der Waals surface area (Å²) in [6.07, 6.45) is 1.77. The molecule has 0 unspecified atom stereocenters. The Morgan fingerprint density at radius 3 is 2.59 bits per heavy atom. The molecule has 4 rings (SSSR count). The number of para-hydroxylation sites is 2. The Morgan fingerprint density at radius 1 is 1.03 bits per heavy atom. The zero-order valence-corrected chi connectivity index (χ0v) is 18.1. The fourth-order valence-electron chi connectivity index (χ4n) is 3.28. The number of nitrogens with one attached hydrogen (secondary N) is 2. The highest BCUT2D eigenvalue weighted by Crippen LogP contribution is 2.34. The fraction of sp³-hybridized carbons (Fsp3) is 0.120. The van der Waals surface area contributed by atoms with Crippen LogP contribution in [0.5, 0.6) is 17.2 Å². The molecule has 3 aromatic carbocycles. The fourth-order valence-corrected chi connectivity index (χ4v) is 3.28. The average molecular weight is 461 g/mol. The lowest BCUT2D eigenvalue weighted by atomic mass is 10.1. The predicted octanol–water partition coefficient (Wildman–Crippen LogP) is 4.58. The molecule has 0 fully saturated rings. The van der Waals surface area contributed by atoms with E-state index in [1.54, 1.807) is 60.7 Å². The first-order valence-corrected chi connectivity index (χ1v) is 10.5. The van der Waals surface area contributed by atoms with Gasteiger partial charge in [0.05, 0.1) is 11.4 Å². The van der Waals surface area contributed by atoms with Crippen molar-refractivity contribution < 1.29 is 28.9 Å². The summed E-state index contributed by atoms with van der Waals surface area (Å²) >= 11 is 0. The van der Waals surface area contributed by atoms with E-state index in [4.69, 9.17) is 19.9 Å². The van der Waals surface area contributed by atoms with Crippen LogP contribution in [-0.2, 0) is 9.53 Å². The first kappa shape index (κ1) is 22.5. The number of amides is 2. The Kier molecular flexibility index (Phi) is 6.83. The molecule has 0 saturated carbocycles. The van der Waals surface area contributed by atoms with E-state index in [9.17, 15) is 14.7 Å². The molecule has 34 heavy (non-hydrogen) atoms. The minimum absolute atomic E-state index is 0.0858. The molecular formula is C25H23N3O6. The number of fused-ring (bicyclic) bond motifs is 1. The smallest absolute Gasteiger partial charge is 0.412 e. The lowest BCUT2D eigenvalue weighted by Gasteiger charge is -2.17. The summed E-state index contributed by atoms with van der Waals surface area (Å²) in [7, 11) is 0. The number of carbonyl (C=O) groups is 2. The second-order valence-electron chi connectivity index (χ2n) is 7.39. The van der Waals surface area contributed by atoms with Crippen LogP contribution in [0, 0.1) is 0 Å². The van der Waals surface area contributed by atoms with Crippen LogP contribution >= 0.6 is 0 Å². The van der Waals surface area contributed by atoms with E-state index in [0.717, 1.165) is 0 Å². The van der Waals surface area contributed by atoms with Crippen LogP contribution in [0.25, 0.3) is 0 Å². The SMILES string of the molecule is Nc1ccccc1NC(=O)/C=C/C[C@@H](OC(=O)Nc1ccc2c(c1)OCO2)c1ccc(O)cc1. The number of hydrogen-bond acceptors (Lipinski definition) is 7. The molecule has 0 bridgehead atoms. The van der Waals surface area contributed by atoms with Crippen LogP contribution in [-0.4, -0.2) is 23.9 Å². The Morgan fingerprint density at radius 2 is 1.79 bits per heavy atom. The van der Waals surface area contributed by atoms with Crippen LogP contribution in [0.3, 0.4) is 0 Å². The number of rotatable bonds is 7. The highest BCUT2D eigenvalue weighted by molar-refractivity contribution is 6.01. The van der Waals surface area contributed by atoms with Gasteiger partial charge in [-0.15, -0.1) is 0 Å². The van der Waals surface area contributed by atoms with Crippen LogP contribution in [0.2, 0.25) is 0 Å². The molecular weight excluding hydrogens is 438 g/mol. The third-order valence-electron chi connectivity index (χ3n) is 4.97. The van der Waals surface area contributed by atoms with Crippen LogP contribution in [0.15, 0.2) is 78.9 Å². The molecule has 9 heteroatoms. The summed E-state index contributed by atoms with van der Waals surface area (Å²) < 4.78 is 16.2. The van der Waals surface area contributed by atoms with Gasteiger partial charge in [0.2, 0.25) is 12.7 Å². The number of phenolic OH excluding ortho intramolecular Hbond substituents is 1. The number of nitrogen functional groups attached to an aromatic ring is 1. The molecule has 3 aromatic rings.